The lowest BCUT2D eigenvalue weighted by molar-refractivity contribution is -0.147. The Morgan fingerprint density at radius 3 is 1.55 bits per heavy atom. The maximum Gasteiger partial charge on any atom is 0.305 e. The summed E-state index contributed by atoms with van der Waals surface area (Å²) in [6.07, 6.45) is 10.5. The van der Waals surface area contributed by atoms with Gasteiger partial charge in [-0.2, -0.15) is 12.6 Å². The van der Waals surface area contributed by atoms with Crippen molar-refractivity contribution in [2.75, 3.05) is 38.6 Å². The van der Waals surface area contributed by atoms with Crippen LogP contribution in [0.4, 0.5) is 0 Å². The van der Waals surface area contributed by atoms with E-state index in [2.05, 4.69) is 26.5 Å². The molecule has 8 heteroatoms. The molecule has 0 fully saturated rings. The fourth-order valence-corrected chi connectivity index (χ4v) is 3.66. The zero-order valence-electron chi connectivity index (χ0n) is 21.0. The second-order valence-electron chi connectivity index (χ2n) is 8.84. The lowest BCUT2D eigenvalue weighted by Gasteiger charge is -2.27. The molecule has 0 aliphatic rings. The predicted molar refractivity (Wildman–Crippen MR) is 136 cm³/mol. The molecule has 2 N–H and O–H groups in total. The van der Waals surface area contributed by atoms with Gasteiger partial charge in [0.1, 0.15) is 25.4 Å². The van der Waals surface area contributed by atoms with Crippen LogP contribution in [0.1, 0.15) is 97.3 Å². The number of carbonyl (C=O) groups is 2. The van der Waals surface area contributed by atoms with Crippen LogP contribution in [0.25, 0.3) is 0 Å². The molecule has 0 aromatic carbocycles. The average Bonchev–Trinajstić information content (AvgIpc) is 2.79. The number of aliphatic hydroxyl groups is 2. The second-order valence-corrected chi connectivity index (χ2v) is 9.29. The molecule has 0 radical (unpaired) electrons. The number of hydrogen-bond donors (Lipinski definition) is 3. The maximum atomic E-state index is 11.8. The van der Waals surface area contributed by atoms with E-state index in [-0.39, 0.29) is 38.2 Å². The SMILES string of the molecule is CCCCCCCC(=O)OCC(O)CN(CCCS)CC(O)COC(=O)CCCCCCC. The molecule has 0 aliphatic carbocycles. The van der Waals surface area contributed by atoms with Crippen LogP contribution in [0.15, 0.2) is 0 Å². The Hall–Kier alpha value is -0.830. The highest BCUT2D eigenvalue weighted by Gasteiger charge is 2.18. The molecule has 0 saturated carbocycles. The van der Waals surface area contributed by atoms with Gasteiger partial charge in [0.25, 0.3) is 0 Å². The lowest BCUT2D eigenvalue weighted by Crippen LogP contribution is -2.41. The molecular weight excluding hydrogens is 442 g/mol. The fraction of sp³-hybridized carbons (Fsp3) is 0.920. The third kappa shape index (κ3) is 21.4. The van der Waals surface area contributed by atoms with Crippen LogP contribution in [-0.2, 0) is 19.1 Å². The van der Waals surface area contributed by atoms with Gasteiger partial charge in [-0.1, -0.05) is 65.2 Å². The van der Waals surface area contributed by atoms with Gasteiger partial charge in [0.2, 0.25) is 0 Å². The predicted octanol–water partition coefficient (Wildman–Crippen LogP) is 4.14. The fourth-order valence-electron chi connectivity index (χ4n) is 3.52. The molecule has 0 aromatic heterocycles. The summed E-state index contributed by atoms with van der Waals surface area (Å²) in [5.74, 6) is 0.117. The van der Waals surface area contributed by atoms with Crippen LogP contribution in [0.5, 0.6) is 0 Å². The van der Waals surface area contributed by atoms with Crippen molar-refractivity contribution < 1.29 is 29.3 Å². The number of carbonyl (C=O) groups excluding carboxylic acids is 2. The molecule has 0 saturated heterocycles. The summed E-state index contributed by atoms with van der Waals surface area (Å²) >= 11 is 4.23. The molecule has 0 spiro atoms. The van der Waals surface area contributed by atoms with Crippen LogP contribution in [-0.4, -0.2) is 77.9 Å². The van der Waals surface area contributed by atoms with E-state index in [9.17, 15) is 19.8 Å². The molecule has 33 heavy (non-hydrogen) atoms. The highest BCUT2D eigenvalue weighted by molar-refractivity contribution is 7.80. The van der Waals surface area contributed by atoms with Crippen molar-refractivity contribution >= 4 is 24.6 Å². The first-order valence-corrected chi connectivity index (χ1v) is 13.6. The zero-order valence-corrected chi connectivity index (χ0v) is 21.9. The lowest BCUT2D eigenvalue weighted by atomic mass is 10.1. The smallest absolute Gasteiger partial charge is 0.305 e. The zero-order chi connectivity index (χ0) is 24.7. The van der Waals surface area contributed by atoms with Crippen molar-refractivity contribution in [3.8, 4) is 0 Å². The highest BCUT2D eigenvalue weighted by atomic mass is 32.1. The van der Waals surface area contributed by atoms with Crippen molar-refractivity contribution in [1.29, 1.82) is 0 Å². The quantitative estimate of drug-likeness (QED) is 0.112. The van der Waals surface area contributed by atoms with E-state index in [1.807, 2.05) is 4.90 Å². The average molecular weight is 492 g/mol. The first-order chi connectivity index (χ1) is 15.9. The summed E-state index contributed by atoms with van der Waals surface area (Å²) in [6, 6.07) is 0. The third-order valence-corrected chi connectivity index (χ3v) is 5.73. The van der Waals surface area contributed by atoms with Crippen LogP contribution in [0, 0.1) is 0 Å². The van der Waals surface area contributed by atoms with Crippen molar-refractivity contribution in [3.05, 3.63) is 0 Å². The van der Waals surface area contributed by atoms with Crippen molar-refractivity contribution in [3.63, 3.8) is 0 Å². The van der Waals surface area contributed by atoms with E-state index >= 15 is 0 Å². The third-order valence-electron chi connectivity index (χ3n) is 5.41. The minimum absolute atomic E-state index is 0.0612. The van der Waals surface area contributed by atoms with Crippen LogP contribution >= 0.6 is 12.6 Å². The standard InChI is InChI=1S/C25H49NO6S/c1-3-5-7-9-11-14-24(29)31-20-22(27)18-26(16-13-17-33)19-23(28)21-32-25(30)15-12-10-8-6-4-2/h22-23,27-28,33H,3-21H2,1-2H3. The first kappa shape index (κ1) is 32.2. The Morgan fingerprint density at radius 1 is 0.727 bits per heavy atom. The van der Waals surface area contributed by atoms with E-state index in [0.717, 1.165) is 57.8 Å². The summed E-state index contributed by atoms with van der Waals surface area (Å²) in [6.45, 7) is 5.34. The normalized spacial score (nSPS) is 13.2. The molecule has 196 valence electrons. The minimum Gasteiger partial charge on any atom is -0.463 e. The molecule has 7 nitrogen and oxygen atoms in total. The van der Waals surface area contributed by atoms with Gasteiger partial charge in [-0.25, -0.2) is 0 Å². The van der Waals surface area contributed by atoms with E-state index < -0.39 is 12.2 Å². The Morgan fingerprint density at radius 2 is 1.15 bits per heavy atom. The van der Waals surface area contributed by atoms with Gasteiger partial charge in [-0.3, -0.25) is 14.5 Å². The largest absolute Gasteiger partial charge is 0.463 e. The van der Waals surface area contributed by atoms with Gasteiger partial charge in [0, 0.05) is 25.9 Å². The summed E-state index contributed by atoms with van der Waals surface area (Å²) in [4.78, 5) is 25.6. The van der Waals surface area contributed by atoms with Gasteiger partial charge in [-0.15, -0.1) is 0 Å². The van der Waals surface area contributed by atoms with E-state index in [1.165, 1.54) is 12.8 Å². The topological polar surface area (TPSA) is 96.3 Å². The molecular formula is C25H49NO6S. The number of esters is 2. The molecule has 0 aromatic rings. The molecule has 2 unspecified atom stereocenters. The van der Waals surface area contributed by atoms with Crippen molar-refractivity contribution in [2.45, 2.75) is 110 Å². The van der Waals surface area contributed by atoms with Crippen LogP contribution in [0.3, 0.4) is 0 Å². The van der Waals surface area contributed by atoms with Gasteiger partial charge in [-0.05, 0) is 31.6 Å². The molecule has 2 atom stereocenters. The van der Waals surface area contributed by atoms with Crippen molar-refractivity contribution in [2.24, 2.45) is 0 Å². The monoisotopic (exact) mass is 491 g/mol. The Bertz CT molecular complexity index is 442. The number of hydrogen-bond acceptors (Lipinski definition) is 8. The summed E-state index contributed by atoms with van der Waals surface area (Å²) in [7, 11) is 0. The van der Waals surface area contributed by atoms with E-state index in [4.69, 9.17) is 9.47 Å². The Balaban J connectivity index is 4.17. The molecule has 0 bridgehead atoms. The van der Waals surface area contributed by atoms with E-state index in [0.29, 0.717) is 25.1 Å². The van der Waals surface area contributed by atoms with E-state index in [1.54, 1.807) is 0 Å². The minimum atomic E-state index is -0.841. The van der Waals surface area contributed by atoms with Gasteiger partial charge < -0.3 is 19.7 Å². The second kappa shape index (κ2) is 22.9. The molecule has 0 amide bonds. The molecule has 0 heterocycles. The highest BCUT2D eigenvalue weighted by Crippen LogP contribution is 2.08. The number of aliphatic hydroxyl groups excluding tert-OH is 2. The molecule has 0 aliphatic heterocycles. The first-order valence-electron chi connectivity index (χ1n) is 12.9. The maximum absolute atomic E-state index is 11.8. The number of nitrogens with zero attached hydrogens (tertiary/aromatic N) is 1. The molecule has 0 rings (SSSR count). The summed E-state index contributed by atoms with van der Waals surface area (Å²) < 4.78 is 10.4. The summed E-state index contributed by atoms with van der Waals surface area (Å²) in [5, 5.41) is 20.6. The Labute approximate surface area is 207 Å². The number of unbranched alkanes of at least 4 members (excludes halogenated alkanes) is 8. The number of rotatable bonds is 23. The van der Waals surface area contributed by atoms with Crippen LogP contribution in [0.2, 0.25) is 0 Å². The van der Waals surface area contributed by atoms with Crippen LogP contribution < -0.4 is 0 Å². The summed E-state index contributed by atoms with van der Waals surface area (Å²) in [5.41, 5.74) is 0. The number of ether oxygens (including phenoxy) is 2. The van der Waals surface area contributed by atoms with Gasteiger partial charge in [0.15, 0.2) is 0 Å². The number of thiol groups is 1. The van der Waals surface area contributed by atoms with Crippen molar-refractivity contribution in [1.82, 2.24) is 4.90 Å². The Kier molecular flexibility index (Phi) is 22.4. The van der Waals surface area contributed by atoms with Gasteiger partial charge >= 0.3 is 11.9 Å². The van der Waals surface area contributed by atoms with Gasteiger partial charge in [0.05, 0.1) is 0 Å².